The molecule has 304 valence electrons. The Morgan fingerprint density at radius 1 is 0.804 bits per heavy atom. The zero-order chi connectivity index (χ0) is 40.4. The number of thiophene rings is 2. The highest BCUT2D eigenvalue weighted by Crippen LogP contribution is 2.38. The first-order valence-electron chi connectivity index (χ1n) is 18.4. The lowest BCUT2D eigenvalue weighted by molar-refractivity contribution is -0.142. The van der Waals surface area contributed by atoms with Crippen LogP contribution in [0.5, 0.6) is 0 Å². The third-order valence-electron chi connectivity index (χ3n) is 11.0. The summed E-state index contributed by atoms with van der Waals surface area (Å²) in [6.45, 7) is 1.92. The molecule has 2 fully saturated rings. The molecule has 3 aromatic heterocycles. The molecule has 3 atom stereocenters. The summed E-state index contributed by atoms with van der Waals surface area (Å²) in [5.41, 5.74) is -0.841. The van der Waals surface area contributed by atoms with Crippen LogP contribution in [0.25, 0.3) is 10.9 Å². The first kappa shape index (κ1) is 41.9. The van der Waals surface area contributed by atoms with Crippen LogP contribution >= 0.6 is 22.7 Å². The SMILES string of the molecule is Cn1c(C(=O)O)c(C[C@](C)(CCC(=O)N([O-])C2CCCN(S(=O)(=O)c3cccs3)CC2)C(=O)N([O-])C2CCCN(S(=O)(=O)c3cccs3)CC2)c2ccccc21. The number of aryl methyl sites for hydroxylation is 1. The summed E-state index contributed by atoms with van der Waals surface area (Å²) in [6.07, 6.45) is 0.433. The molecule has 56 heavy (non-hydrogen) atoms. The van der Waals surface area contributed by atoms with E-state index >= 15 is 0 Å². The van der Waals surface area contributed by atoms with E-state index in [9.17, 15) is 46.7 Å². The fraction of sp³-hybridized carbons (Fsp3) is 0.486. The molecule has 15 nitrogen and oxygen atoms in total. The number of hydrogen-bond donors (Lipinski definition) is 1. The normalized spacial score (nSPS) is 20.2. The maximum Gasteiger partial charge on any atom is 0.352 e. The second kappa shape index (κ2) is 17.0. The largest absolute Gasteiger partial charge is 0.756 e. The number of aromatic carboxylic acids is 1. The van der Waals surface area contributed by atoms with Crippen LogP contribution in [0, 0.1) is 15.8 Å². The predicted octanol–water partition coefficient (Wildman–Crippen LogP) is 5.47. The van der Waals surface area contributed by atoms with Crippen molar-refractivity contribution in [3.63, 3.8) is 0 Å². The summed E-state index contributed by atoms with van der Waals surface area (Å²) < 4.78 is 57.3. The molecule has 2 saturated heterocycles. The number of amides is 2. The van der Waals surface area contributed by atoms with Gasteiger partial charge < -0.3 is 30.2 Å². The molecule has 1 aromatic carbocycles. The van der Waals surface area contributed by atoms with E-state index < -0.39 is 61.7 Å². The Balaban J connectivity index is 1.22. The number of benzene rings is 1. The highest BCUT2D eigenvalue weighted by atomic mass is 32.3. The van der Waals surface area contributed by atoms with E-state index in [0.717, 1.165) is 22.7 Å². The standard InChI is InChI=1S/C37H45N5O10S4/c1-37(25-29-28-11-3-4-12-30(28)38(2)34(29)35(44)45,36(46)42(48)27-10-6-20-40(22-17-27)56(51,52)33-14-8-24-54-33)18-15-31(43)41(47)26-9-5-19-39(21-16-26)55(49,50)32-13-7-23-53-32/h3-4,7-8,11-14,23-24,26-27H,5-6,9-10,15-22,25H2,1-2H3,(H,44,45)/q-2/t26?,27?,37-/m0/s1. The van der Waals surface area contributed by atoms with Crippen molar-refractivity contribution in [3.8, 4) is 0 Å². The quantitative estimate of drug-likeness (QED) is 0.168. The van der Waals surface area contributed by atoms with Crippen molar-refractivity contribution in [1.82, 2.24) is 23.3 Å². The third-order valence-corrected chi connectivity index (χ3v) is 17.5. The number of hydrogen-bond acceptors (Lipinski definition) is 11. The van der Waals surface area contributed by atoms with Gasteiger partial charge in [0.15, 0.2) is 0 Å². The van der Waals surface area contributed by atoms with Gasteiger partial charge >= 0.3 is 5.97 Å². The third kappa shape index (κ3) is 8.45. The maximum atomic E-state index is 14.5. The van der Waals surface area contributed by atoms with Gasteiger partial charge in [0.25, 0.3) is 20.0 Å². The summed E-state index contributed by atoms with van der Waals surface area (Å²) in [4.78, 5) is 40.7. The fourth-order valence-electron chi connectivity index (χ4n) is 7.84. The molecule has 0 spiro atoms. The van der Waals surface area contributed by atoms with Crippen LogP contribution < -0.4 is 0 Å². The molecule has 4 aromatic rings. The number of nitrogens with zero attached hydrogens (tertiary/aromatic N) is 5. The Kier molecular flexibility index (Phi) is 12.8. The van der Waals surface area contributed by atoms with E-state index in [1.165, 1.54) is 32.2 Å². The van der Waals surface area contributed by atoms with Crippen molar-refractivity contribution >= 4 is 71.4 Å². The van der Waals surface area contributed by atoms with Gasteiger partial charge in [0.1, 0.15) is 14.1 Å². The lowest BCUT2D eigenvalue weighted by Gasteiger charge is -2.44. The first-order chi connectivity index (χ1) is 26.6. The molecule has 2 aliphatic rings. The zero-order valence-electron chi connectivity index (χ0n) is 31.1. The van der Waals surface area contributed by atoms with Gasteiger partial charge in [0.05, 0.1) is 5.41 Å². The molecule has 1 N–H and O–H groups in total. The van der Waals surface area contributed by atoms with Gasteiger partial charge in [0, 0.05) is 62.6 Å². The van der Waals surface area contributed by atoms with Crippen LogP contribution in [0.2, 0.25) is 0 Å². The number of carboxylic acids is 1. The highest BCUT2D eigenvalue weighted by molar-refractivity contribution is 7.91. The fourth-order valence-corrected chi connectivity index (χ4v) is 13.1. The minimum Gasteiger partial charge on any atom is -0.756 e. The summed E-state index contributed by atoms with van der Waals surface area (Å²) in [5, 5.41) is 42.5. The first-order valence-corrected chi connectivity index (χ1v) is 23.1. The van der Waals surface area contributed by atoms with E-state index in [2.05, 4.69) is 0 Å². The second-order valence-corrected chi connectivity index (χ2v) is 20.9. The highest BCUT2D eigenvalue weighted by Gasteiger charge is 2.40. The van der Waals surface area contributed by atoms with Gasteiger partial charge in [-0.25, -0.2) is 21.6 Å². The molecule has 0 radical (unpaired) electrons. The zero-order valence-corrected chi connectivity index (χ0v) is 34.4. The van der Waals surface area contributed by atoms with E-state index in [1.807, 2.05) is 0 Å². The molecule has 0 bridgehead atoms. The number of carbonyl (C=O) groups is 3. The molecule has 2 aliphatic heterocycles. The molecule has 2 unspecified atom stereocenters. The Labute approximate surface area is 334 Å². The Morgan fingerprint density at radius 3 is 1.86 bits per heavy atom. The molecule has 5 heterocycles. The van der Waals surface area contributed by atoms with Crippen molar-refractivity contribution in [2.75, 3.05) is 26.2 Å². The van der Waals surface area contributed by atoms with Crippen molar-refractivity contribution in [2.24, 2.45) is 12.5 Å². The number of rotatable bonds is 13. The minimum atomic E-state index is -3.79. The maximum absolute atomic E-state index is 14.5. The average Bonchev–Trinajstić information content (AvgIpc) is 3.89. The summed E-state index contributed by atoms with van der Waals surface area (Å²) in [7, 11) is -5.94. The van der Waals surface area contributed by atoms with Crippen molar-refractivity contribution in [3.05, 3.63) is 81.0 Å². The van der Waals surface area contributed by atoms with Crippen LogP contribution in [0.15, 0.2) is 67.7 Å². The van der Waals surface area contributed by atoms with Gasteiger partial charge in [-0.15, -0.1) is 22.7 Å². The van der Waals surface area contributed by atoms with E-state index in [0.29, 0.717) is 39.4 Å². The van der Waals surface area contributed by atoms with Gasteiger partial charge in [-0.3, -0.25) is 9.59 Å². The molecule has 19 heteroatoms. The van der Waals surface area contributed by atoms with E-state index in [-0.39, 0.29) is 78.8 Å². The molecule has 0 saturated carbocycles. The number of carboxylic acid groups (broad SMARTS) is 1. The van der Waals surface area contributed by atoms with Gasteiger partial charge in [-0.1, -0.05) is 37.3 Å². The van der Waals surface area contributed by atoms with Gasteiger partial charge in [-0.05, 0) is 85.9 Å². The lowest BCUT2D eigenvalue weighted by atomic mass is 9.77. The number of carbonyl (C=O) groups excluding carboxylic acids is 2. The van der Waals surface area contributed by atoms with E-state index in [1.54, 1.807) is 54.2 Å². The topological polar surface area (TPSA) is 204 Å². The van der Waals surface area contributed by atoms with E-state index in [4.69, 9.17) is 0 Å². The van der Waals surface area contributed by atoms with Crippen molar-refractivity contribution < 1.29 is 36.3 Å². The van der Waals surface area contributed by atoms with Gasteiger partial charge in [0.2, 0.25) is 11.8 Å². The summed E-state index contributed by atoms with van der Waals surface area (Å²) in [5.74, 6) is -2.97. The number of para-hydroxylation sites is 1. The van der Waals surface area contributed by atoms with Crippen LogP contribution in [0.1, 0.15) is 74.3 Å². The number of sulfonamides is 2. The number of hydroxylamine groups is 4. The Hall–Kier alpha value is -3.69. The monoisotopic (exact) mass is 847 g/mol. The van der Waals surface area contributed by atoms with Crippen LogP contribution in [0.3, 0.4) is 0 Å². The molecular formula is C37H45N5O10S4-2. The van der Waals surface area contributed by atoms with Crippen molar-refractivity contribution in [2.45, 2.75) is 85.2 Å². The molecule has 2 amide bonds. The number of aromatic nitrogens is 1. The van der Waals surface area contributed by atoms with Crippen LogP contribution in [0.4, 0.5) is 0 Å². The lowest BCUT2D eigenvalue weighted by Crippen LogP contribution is -2.47. The molecule has 0 aliphatic carbocycles. The smallest absolute Gasteiger partial charge is 0.352 e. The summed E-state index contributed by atoms with van der Waals surface area (Å²) in [6, 6.07) is 11.6. The summed E-state index contributed by atoms with van der Waals surface area (Å²) >= 11 is 2.20. The molecular weight excluding hydrogens is 803 g/mol. The Bertz CT molecular complexity index is 2260. The molecule has 6 rings (SSSR count). The average molecular weight is 848 g/mol. The Morgan fingerprint density at radius 2 is 1.34 bits per heavy atom. The minimum absolute atomic E-state index is 0.0111. The van der Waals surface area contributed by atoms with Gasteiger partial charge in [-0.2, -0.15) is 8.61 Å². The van der Waals surface area contributed by atoms with Crippen molar-refractivity contribution in [1.29, 1.82) is 0 Å². The second-order valence-electron chi connectivity index (χ2n) is 14.6. The van der Waals surface area contributed by atoms with Crippen LogP contribution in [-0.4, -0.2) is 101 Å². The van der Waals surface area contributed by atoms with Crippen LogP contribution in [-0.2, 0) is 43.1 Å². The predicted molar refractivity (Wildman–Crippen MR) is 213 cm³/mol. The number of fused-ring (bicyclic) bond motifs is 1.